The van der Waals surface area contributed by atoms with Crippen LogP contribution in [-0.2, 0) is 4.79 Å². The number of hydrogen-bond donors (Lipinski definition) is 2. The van der Waals surface area contributed by atoms with E-state index in [2.05, 4.69) is 12.2 Å². The maximum Gasteiger partial charge on any atom is 0.223 e. The Kier molecular flexibility index (Phi) is 4.66. The Labute approximate surface area is 111 Å². The van der Waals surface area contributed by atoms with Crippen LogP contribution in [0.1, 0.15) is 64.7 Å². The van der Waals surface area contributed by atoms with E-state index in [-0.39, 0.29) is 11.5 Å². The molecule has 3 nitrogen and oxygen atoms in total. The quantitative estimate of drug-likeness (QED) is 0.790. The first-order valence-corrected chi connectivity index (χ1v) is 7.71. The smallest absolute Gasteiger partial charge is 0.223 e. The van der Waals surface area contributed by atoms with Gasteiger partial charge < -0.3 is 11.1 Å². The molecule has 0 aromatic heterocycles. The highest BCUT2D eigenvalue weighted by molar-refractivity contribution is 5.79. The van der Waals surface area contributed by atoms with Gasteiger partial charge in [0.25, 0.3) is 0 Å². The highest BCUT2D eigenvalue weighted by Crippen LogP contribution is 2.36. The van der Waals surface area contributed by atoms with E-state index < -0.39 is 0 Å². The second kappa shape index (κ2) is 6.05. The van der Waals surface area contributed by atoms with Crippen molar-refractivity contribution in [2.75, 3.05) is 6.54 Å². The molecular weight excluding hydrogens is 224 g/mol. The van der Waals surface area contributed by atoms with Crippen molar-refractivity contribution in [3.63, 3.8) is 0 Å². The number of rotatable bonds is 5. The summed E-state index contributed by atoms with van der Waals surface area (Å²) in [5, 5.41) is 3.34. The van der Waals surface area contributed by atoms with Gasteiger partial charge in [0.2, 0.25) is 5.91 Å². The van der Waals surface area contributed by atoms with Crippen molar-refractivity contribution in [3.8, 4) is 0 Å². The standard InChI is InChI=1S/C15H28N2O/c1-2-15(8-4-9-15)17-14(18)13-6-3-5-12(11-13)7-10-16/h12-13H,2-11,16H2,1H3,(H,17,18). The first-order chi connectivity index (χ1) is 8.69. The van der Waals surface area contributed by atoms with Crippen LogP contribution in [0.15, 0.2) is 0 Å². The Hall–Kier alpha value is -0.570. The summed E-state index contributed by atoms with van der Waals surface area (Å²) >= 11 is 0. The molecule has 0 spiro atoms. The molecule has 3 heteroatoms. The van der Waals surface area contributed by atoms with Crippen LogP contribution in [-0.4, -0.2) is 18.0 Å². The van der Waals surface area contributed by atoms with Gasteiger partial charge in [-0.25, -0.2) is 0 Å². The second-order valence-corrected chi connectivity index (χ2v) is 6.28. The van der Waals surface area contributed by atoms with Crippen molar-refractivity contribution in [2.45, 2.75) is 70.3 Å². The van der Waals surface area contributed by atoms with Crippen molar-refractivity contribution < 1.29 is 4.79 Å². The summed E-state index contributed by atoms with van der Waals surface area (Å²) in [6.07, 6.45) is 10.4. The molecule has 2 rings (SSSR count). The van der Waals surface area contributed by atoms with Crippen LogP contribution in [0.4, 0.5) is 0 Å². The van der Waals surface area contributed by atoms with Crippen molar-refractivity contribution in [1.29, 1.82) is 0 Å². The molecular formula is C15H28N2O. The van der Waals surface area contributed by atoms with E-state index in [0.717, 1.165) is 32.2 Å². The molecule has 0 aromatic rings. The van der Waals surface area contributed by atoms with E-state index in [0.29, 0.717) is 11.8 Å². The van der Waals surface area contributed by atoms with Gasteiger partial charge >= 0.3 is 0 Å². The summed E-state index contributed by atoms with van der Waals surface area (Å²) in [4.78, 5) is 12.4. The summed E-state index contributed by atoms with van der Waals surface area (Å²) in [6, 6.07) is 0. The van der Waals surface area contributed by atoms with Crippen molar-refractivity contribution in [1.82, 2.24) is 5.32 Å². The van der Waals surface area contributed by atoms with Crippen LogP contribution >= 0.6 is 0 Å². The molecule has 104 valence electrons. The molecule has 2 unspecified atom stereocenters. The number of carbonyl (C=O) groups is 1. The zero-order valence-electron chi connectivity index (χ0n) is 11.7. The van der Waals surface area contributed by atoms with Crippen LogP contribution in [0.25, 0.3) is 0 Å². The van der Waals surface area contributed by atoms with Gasteiger partial charge in [-0.2, -0.15) is 0 Å². The van der Waals surface area contributed by atoms with Crippen molar-refractivity contribution in [3.05, 3.63) is 0 Å². The Bertz CT molecular complexity index is 279. The summed E-state index contributed by atoms with van der Waals surface area (Å²) in [5.74, 6) is 1.25. The molecule has 0 heterocycles. The van der Waals surface area contributed by atoms with Crippen LogP contribution in [0, 0.1) is 11.8 Å². The molecule has 2 aliphatic carbocycles. The largest absolute Gasteiger partial charge is 0.350 e. The molecule has 1 amide bonds. The first-order valence-electron chi connectivity index (χ1n) is 7.71. The van der Waals surface area contributed by atoms with Crippen LogP contribution in [0.3, 0.4) is 0 Å². The predicted molar refractivity (Wildman–Crippen MR) is 74.1 cm³/mol. The number of nitrogens with two attached hydrogens (primary N) is 1. The van der Waals surface area contributed by atoms with Gasteiger partial charge in [0, 0.05) is 11.5 Å². The fraction of sp³-hybridized carbons (Fsp3) is 0.933. The van der Waals surface area contributed by atoms with Crippen molar-refractivity contribution in [2.24, 2.45) is 17.6 Å². The number of nitrogens with one attached hydrogen (secondary N) is 1. The molecule has 2 atom stereocenters. The van der Waals surface area contributed by atoms with Crippen LogP contribution in [0.2, 0.25) is 0 Å². The lowest BCUT2D eigenvalue weighted by Gasteiger charge is -2.43. The fourth-order valence-electron chi connectivity index (χ4n) is 3.56. The van der Waals surface area contributed by atoms with Gasteiger partial charge in [0.05, 0.1) is 0 Å². The minimum absolute atomic E-state index is 0.151. The molecule has 0 aliphatic heterocycles. The minimum atomic E-state index is 0.151. The molecule has 2 aliphatic rings. The Balaban J connectivity index is 1.84. The lowest BCUT2D eigenvalue weighted by atomic mass is 9.73. The number of carbonyl (C=O) groups excluding carboxylic acids is 1. The molecule has 0 saturated heterocycles. The molecule has 0 bridgehead atoms. The third-order valence-corrected chi connectivity index (χ3v) is 5.10. The third kappa shape index (κ3) is 3.05. The average molecular weight is 252 g/mol. The molecule has 0 aromatic carbocycles. The Morgan fingerprint density at radius 2 is 2.11 bits per heavy atom. The maximum atomic E-state index is 12.4. The van der Waals surface area contributed by atoms with Crippen molar-refractivity contribution >= 4 is 5.91 Å². The SMILES string of the molecule is CCC1(NC(=O)C2CCCC(CCN)C2)CCC1. The zero-order chi connectivity index (χ0) is 13.0. The van der Waals surface area contributed by atoms with Gasteiger partial charge in [0.15, 0.2) is 0 Å². The van der Waals surface area contributed by atoms with Crippen LogP contribution < -0.4 is 11.1 Å². The molecule has 3 N–H and O–H groups in total. The van der Waals surface area contributed by atoms with Gasteiger partial charge in [-0.1, -0.05) is 19.8 Å². The lowest BCUT2D eigenvalue weighted by Crippen LogP contribution is -2.54. The highest BCUT2D eigenvalue weighted by Gasteiger charge is 2.38. The fourth-order valence-corrected chi connectivity index (χ4v) is 3.56. The van der Waals surface area contributed by atoms with Crippen LogP contribution in [0.5, 0.6) is 0 Å². The maximum absolute atomic E-state index is 12.4. The summed E-state index contributed by atoms with van der Waals surface area (Å²) < 4.78 is 0. The van der Waals surface area contributed by atoms with E-state index >= 15 is 0 Å². The molecule has 0 radical (unpaired) electrons. The predicted octanol–water partition coefficient (Wildman–Crippen LogP) is 2.59. The van der Waals surface area contributed by atoms with Gasteiger partial charge in [-0.3, -0.25) is 4.79 Å². The van der Waals surface area contributed by atoms with E-state index in [4.69, 9.17) is 5.73 Å². The summed E-state index contributed by atoms with van der Waals surface area (Å²) in [7, 11) is 0. The first kappa shape index (κ1) is 13.9. The van der Waals surface area contributed by atoms with Gasteiger partial charge in [0.1, 0.15) is 0 Å². The molecule has 2 saturated carbocycles. The Morgan fingerprint density at radius 3 is 2.67 bits per heavy atom. The summed E-state index contributed by atoms with van der Waals surface area (Å²) in [6.45, 7) is 2.95. The summed E-state index contributed by atoms with van der Waals surface area (Å²) in [5.41, 5.74) is 5.78. The average Bonchev–Trinajstić information content (AvgIpc) is 2.34. The molecule has 18 heavy (non-hydrogen) atoms. The second-order valence-electron chi connectivity index (χ2n) is 6.28. The monoisotopic (exact) mass is 252 g/mol. The van der Waals surface area contributed by atoms with Gasteiger partial charge in [-0.15, -0.1) is 0 Å². The van der Waals surface area contributed by atoms with E-state index in [1.807, 2.05) is 0 Å². The minimum Gasteiger partial charge on any atom is -0.350 e. The Morgan fingerprint density at radius 1 is 1.33 bits per heavy atom. The normalized spacial score (nSPS) is 30.6. The van der Waals surface area contributed by atoms with Gasteiger partial charge in [-0.05, 0) is 57.4 Å². The topological polar surface area (TPSA) is 55.1 Å². The highest BCUT2D eigenvalue weighted by atomic mass is 16.2. The number of amides is 1. The number of hydrogen-bond acceptors (Lipinski definition) is 2. The zero-order valence-corrected chi connectivity index (χ0v) is 11.7. The lowest BCUT2D eigenvalue weighted by molar-refractivity contribution is -0.129. The molecule has 2 fully saturated rings. The van der Waals surface area contributed by atoms with E-state index in [9.17, 15) is 4.79 Å². The van der Waals surface area contributed by atoms with E-state index in [1.165, 1.54) is 32.1 Å². The third-order valence-electron chi connectivity index (χ3n) is 5.10. The van der Waals surface area contributed by atoms with E-state index in [1.54, 1.807) is 0 Å².